The van der Waals surface area contributed by atoms with Crippen LogP contribution in [0, 0.1) is 11.6 Å². The molecule has 1 aromatic carbocycles. The summed E-state index contributed by atoms with van der Waals surface area (Å²) in [6.07, 6.45) is 1.18. The highest BCUT2D eigenvalue weighted by Gasteiger charge is 2.07. The van der Waals surface area contributed by atoms with Gasteiger partial charge in [0.1, 0.15) is 0 Å². The third-order valence-corrected chi connectivity index (χ3v) is 2.35. The van der Waals surface area contributed by atoms with Gasteiger partial charge in [0.2, 0.25) is 0 Å². The van der Waals surface area contributed by atoms with Crippen molar-refractivity contribution in [2.75, 3.05) is 6.54 Å². The van der Waals surface area contributed by atoms with E-state index in [2.05, 4.69) is 5.32 Å². The maximum absolute atomic E-state index is 13.2. The largest absolute Gasteiger partial charge is 0.392 e. The Bertz CT molecular complexity index is 331. The first-order valence-corrected chi connectivity index (χ1v) is 5.46. The summed E-state index contributed by atoms with van der Waals surface area (Å²) in [5.41, 5.74) is 0.281. The van der Waals surface area contributed by atoms with Gasteiger partial charge in [0.05, 0.1) is 6.10 Å². The smallest absolute Gasteiger partial charge is 0.163 e. The van der Waals surface area contributed by atoms with Crippen molar-refractivity contribution in [3.63, 3.8) is 0 Å². The highest BCUT2D eigenvalue weighted by atomic mass is 19.2. The Kier molecular flexibility index (Phi) is 5.35. The highest BCUT2D eigenvalue weighted by molar-refractivity contribution is 5.18. The third-order valence-electron chi connectivity index (χ3n) is 2.35. The molecule has 16 heavy (non-hydrogen) atoms. The minimum atomic E-state index is -0.839. The van der Waals surface area contributed by atoms with Gasteiger partial charge in [-0.25, -0.2) is 8.78 Å². The van der Waals surface area contributed by atoms with Gasteiger partial charge in [-0.2, -0.15) is 0 Å². The van der Waals surface area contributed by atoms with Crippen LogP contribution in [0.25, 0.3) is 0 Å². The molecule has 0 radical (unpaired) electrons. The molecule has 0 aliphatic rings. The fourth-order valence-electron chi connectivity index (χ4n) is 1.49. The molecular weight excluding hydrogens is 212 g/mol. The van der Waals surface area contributed by atoms with Gasteiger partial charge in [0.15, 0.2) is 11.6 Å². The van der Waals surface area contributed by atoms with Crippen molar-refractivity contribution in [2.24, 2.45) is 0 Å². The van der Waals surface area contributed by atoms with Crippen molar-refractivity contribution in [2.45, 2.75) is 32.4 Å². The van der Waals surface area contributed by atoms with Crippen molar-refractivity contribution < 1.29 is 13.9 Å². The molecule has 0 heterocycles. The summed E-state index contributed by atoms with van der Waals surface area (Å²) >= 11 is 0. The Balaban J connectivity index is 2.40. The van der Waals surface area contributed by atoms with Crippen molar-refractivity contribution in [1.29, 1.82) is 0 Å². The summed E-state index contributed by atoms with van der Waals surface area (Å²) in [6, 6.07) is 4.08. The molecule has 1 unspecified atom stereocenters. The van der Waals surface area contributed by atoms with Crippen molar-refractivity contribution in [3.05, 3.63) is 35.4 Å². The van der Waals surface area contributed by atoms with Gasteiger partial charge >= 0.3 is 0 Å². The van der Waals surface area contributed by atoms with E-state index in [1.807, 2.05) is 6.92 Å². The lowest BCUT2D eigenvalue weighted by Gasteiger charge is -2.11. The number of benzene rings is 1. The molecule has 0 saturated carbocycles. The van der Waals surface area contributed by atoms with Crippen LogP contribution >= 0.6 is 0 Å². The molecule has 0 fully saturated rings. The molecule has 0 aliphatic heterocycles. The number of aliphatic hydroxyl groups excluding tert-OH is 1. The normalized spacial score (nSPS) is 12.8. The van der Waals surface area contributed by atoms with Gasteiger partial charge in [-0.1, -0.05) is 25.5 Å². The maximum atomic E-state index is 13.2. The molecular formula is C12H17F2NO. The van der Waals surface area contributed by atoms with E-state index in [-0.39, 0.29) is 12.1 Å². The first-order valence-electron chi connectivity index (χ1n) is 5.46. The molecule has 1 rings (SSSR count). The molecule has 2 N–H and O–H groups in total. The number of aliphatic hydroxyl groups is 1. The Labute approximate surface area is 94.3 Å². The second kappa shape index (κ2) is 6.55. The van der Waals surface area contributed by atoms with Crippen molar-refractivity contribution in [1.82, 2.24) is 5.32 Å². The molecule has 0 aromatic heterocycles. The van der Waals surface area contributed by atoms with Crippen LogP contribution in [0.2, 0.25) is 0 Å². The average Bonchev–Trinajstić information content (AvgIpc) is 2.25. The Morgan fingerprint density at radius 3 is 2.81 bits per heavy atom. The molecule has 1 aromatic rings. The van der Waals surface area contributed by atoms with Crippen LogP contribution < -0.4 is 5.32 Å². The molecule has 0 spiro atoms. The zero-order valence-electron chi connectivity index (χ0n) is 9.34. The molecule has 4 heteroatoms. The number of nitrogens with one attached hydrogen (secondary N) is 1. The fraction of sp³-hybridized carbons (Fsp3) is 0.500. The topological polar surface area (TPSA) is 32.3 Å². The summed E-state index contributed by atoms with van der Waals surface area (Å²) in [5.74, 6) is -1.66. The minimum Gasteiger partial charge on any atom is -0.392 e. The molecule has 0 saturated heterocycles. The van der Waals surface area contributed by atoms with E-state index >= 15 is 0 Å². The van der Waals surface area contributed by atoms with Crippen LogP contribution in [0.3, 0.4) is 0 Å². The van der Waals surface area contributed by atoms with E-state index in [1.54, 1.807) is 0 Å². The zero-order valence-corrected chi connectivity index (χ0v) is 9.34. The van der Waals surface area contributed by atoms with Gasteiger partial charge in [-0.15, -0.1) is 0 Å². The second-order valence-electron chi connectivity index (χ2n) is 3.79. The van der Waals surface area contributed by atoms with Crippen LogP contribution in [-0.2, 0) is 6.54 Å². The monoisotopic (exact) mass is 229 g/mol. The molecule has 0 amide bonds. The predicted molar refractivity (Wildman–Crippen MR) is 59.0 cm³/mol. The Hall–Kier alpha value is -1.00. The lowest BCUT2D eigenvalue weighted by atomic mass is 10.2. The van der Waals surface area contributed by atoms with Gasteiger partial charge < -0.3 is 10.4 Å². The first-order chi connectivity index (χ1) is 7.65. The fourth-order valence-corrected chi connectivity index (χ4v) is 1.49. The third kappa shape index (κ3) is 3.87. The van der Waals surface area contributed by atoms with Gasteiger partial charge in [0, 0.05) is 18.7 Å². The molecule has 2 nitrogen and oxygen atoms in total. The standard InChI is InChI=1S/C12H17F2NO/c1-2-4-10(16)8-15-7-9-5-3-6-11(13)12(9)14/h3,5-6,10,15-16H,2,4,7-8H2,1H3. The van der Waals surface area contributed by atoms with E-state index in [4.69, 9.17) is 0 Å². The van der Waals surface area contributed by atoms with Crippen LogP contribution in [0.5, 0.6) is 0 Å². The Morgan fingerprint density at radius 1 is 1.38 bits per heavy atom. The van der Waals surface area contributed by atoms with Crippen LogP contribution in [0.1, 0.15) is 25.3 Å². The number of rotatable bonds is 6. The molecule has 1 atom stereocenters. The maximum Gasteiger partial charge on any atom is 0.163 e. The second-order valence-corrected chi connectivity index (χ2v) is 3.79. The van der Waals surface area contributed by atoms with Crippen LogP contribution in [0.4, 0.5) is 8.78 Å². The number of halogens is 2. The predicted octanol–water partition coefficient (Wildman–Crippen LogP) is 2.22. The molecule has 90 valence electrons. The summed E-state index contributed by atoms with van der Waals surface area (Å²) < 4.78 is 26.0. The van der Waals surface area contributed by atoms with Crippen LogP contribution in [-0.4, -0.2) is 17.8 Å². The number of hydrogen-bond acceptors (Lipinski definition) is 2. The lowest BCUT2D eigenvalue weighted by Crippen LogP contribution is -2.26. The minimum absolute atomic E-state index is 0.227. The summed E-state index contributed by atoms with van der Waals surface area (Å²) in [6.45, 7) is 2.60. The van der Waals surface area contributed by atoms with Crippen molar-refractivity contribution >= 4 is 0 Å². The van der Waals surface area contributed by atoms with Crippen molar-refractivity contribution in [3.8, 4) is 0 Å². The van der Waals surface area contributed by atoms with E-state index < -0.39 is 17.7 Å². The van der Waals surface area contributed by atoms with Gasteiger partial charge in [0.25, 0.3) is 0 Å². The van der Waals surface area contributed by atoms with Crippen LogP contribution in [0.15, 0.2) is 18.2 Å². The van der Waals surface area contributed by atoms with E-state index in [0.29, 0.717) is 13.0 Å². The zero-order chi connectivity index (χ0) is 12.0. The molecule has 0 aliphatic carbocycles. The SMILES string of the molecule is CCCC(O)CNCc1cccc(F)c1F. The number of hydrogen-bond donors (Lipinski definition) is 2. The summed E-state index contributed by atoms with van der Waals surface area (Å²) in [4.78, 5) is 0. The Morgan fingerprint density at radius 2 is 2.12 bits per heavy atom. The van der Waals surface area contributed by atoms with E-state index in [9.17, 15) is 13.9 Å². The quantitative estimate of drug-likeness (QED) is 0.784. The lowest BCUT2D eigenvalue weighted by molar-refractivity contribution is 0.160. The summed E-state index contributed by atoms with van der Waals surface area (Å²) in [7, 11) is 0. The average molecular weight is 229 g/mol. The highest BCUT2D eigenvalue weighted by Crippen LogP contribution is 2.10. The van der Waals surface area contributed by atoms with E-state index in [1.165, 1.54) is 12.1 Å². The summed E-state index contributed by atoms with van der Waals surface area (Å²) in [5, 5.41) is 12.3. The van der Waals surface area contributed by atoms with Gasteiger partial charge in [-0.05, 0) is 12.5 Å². The van der Waals surface area contributed by atoms with E-state index in [0.717, 1.165) is 12.5 Å². The first kappa shape index (κ1) is 13.1. The van der Waals surface area contributed by atoms with Gasteiger partial charge in [-0.3, -0.25) is 0 Å². The molecule has 0 bridgehead atoms.